The van der Waals surface area contributed by atoms with E-state index in [4.69, 9.17) is 21.1 Å². The zero-order valence-corrected chi connectivity index (χ0v) is 19.4. The standard InChI is InChI=1S/C25H26ClN3O5/c26-18-3-1-16(2-4-18)11-27-25(32)21-14-29-13-19(15-30)34-22-10-17(9-20(23(22)29)24(21)31)12-28-5-7-33-8-6-28/h1-4,9-10,14,19,30H,5-8,11-13,15H2,(H,27,32). The normalized spacial score (nSPS) is 18.0. The van der Waals surface area contributed by atoms with Crippen molar-refractivity contribution in [2.24, 2.45) is 0 Å². The predicted molar refractivity (Wildman–Crippen MR) is 128 cm³/mol. The highest BCUT2D eigenvalue weighted by Crippen LogP contribution is 2.31. The second-order valence-electron chi connectivity index (χ2n) is 8.63. The number of aliphatic hydroxyl groups is 1. The number of benzene rings is 2. The molecule has 34 heavy (non-hydrogen) atoms. The van der Waals surface area contributed by atoms with Crippen molar-refractivity contribution in [1.82, 2.24) is 14.8 Å². The molecule has 1 aromatic heterocycles. The van der Waals surface area contributed by atoms with E-state index in [0.29, 0.717) is 48.0 Å². The lowest BCUT2D eigenvalue weighted by atomic mass is 10.0. The van der Waals surface area contributed by atoms with E-state index in [-0.39, 0.29) is 24.1 Å². The molecule has 0 saturated carbocycles. The first-order valence-corrected chi connectivity index (χ1v) is 11.7. The third-order valence-electron chi connectivity index (χ3n) is 6.21. The van der Waals surface area contributed by atoms with Gasteiger partial charge in [-0.15, -0.1) is 0 Å². The molecule has 3 heterocycles. The van der Waals surface area contributed by atoms with Gasteiger partial charge in [0.05, 0.1) is 37.3 Å². The van der Waals surface area contributed by atoms with Crippen LogP contribution in [0.3, 0.4) is 0 Å². The fraction of sp³-hybridized carbons (Fsp3) is 0.360. The number of nitrogens with zero attached hydrogens (tertiary/aromatic N) is 2. The van der Waals surface area contributed by atoms with Crippen LogP contribution in [-0.4, -0.2) is 59.5 Å². The molecular weight excluding hydrogens is 458 g/mol. The molecule has 0 spiro atoms. The minimum atomic E-state index is -0.457. The Balaban J connectivity index is 1.50. The highest BCUT2D eigenvalue weighted by molar-refractivity contribution is 6.30. The molecule has 5 rings (SSSR count). The monoisotopic (exact) mass is 483 g/mol. The average Bonchev–Trinajstić information content (AvgIpc) is 2.85. The van der Waals surface area contributed by atoms with Gasteiger partial charge in [-0.1, -0.05) is 23.7 Å². The van der Waals surface area contributed by atoms with Gasteiger partial charge in [-0.3, -0.25) is 14.5 Å². The SMILES string of the molecule is O=C(NCc1ccc(Cl)cc1)c1cn2c3c(cc(CN4CCOCC4)cc3c1=O)OC(CO)C2. The van der Waals surface area contributed by atoms with Crippen molar-refractivity contribution in [1.29, 1.82) is 0 Å². The van der Waals surface area contributed by atoms with E-state index in [2.05, 4.69) is 10.2 Å². The molecular formula is C25H26ClN3O5. The number of morpholine rings is 1. The first-order valence-electron chi connectivity index (χ1n) is 11.3. The van der Waals surface area contributed by atoms with Crippen LogP contribution in [0.5, 0.6) is 5.75 Å². The lowest BCUT2D eigenvalue weighted by molar-refractivity contribution is 0.0341. The van der Waals surface area contributed by atoms with Crippen LogP contribution in [0.15, 0.2) is 47.4 Å². The maximum Gasteiger partial charge on any atom is 0.257 e. The summed E-state index contributed by atoms with van der Waals surface area (Å²) in [6.45, 7) is 4.07. The van der Waals surface area contributed by atoms with Crippen molar-refractivity contribution in [3.8, 4) is 5.75 Å². The Kier molecular flexibility index (Phi) is 6.56. The molecule has 8 nitrogen and oxygen atoms in total. The van der Waals surface area contributed by atoms with Gasteiger partial charge in [0.1, 0.15) is 17.4 Å². The van der Waals surface area contributed by atoms with Gasteiger partial charge in [-0.25, -0.2) is 0 Å². The number of carbonyl (C=O) groups is 1. The predicted octanol–water partition coefficient (Wildman–Crippen LogP) is 2.17. The largest absolute Gasteiger partial charge is 0.484 e. The molecule has 2 aromatic carbocycles. The van der Waals surface area contributed by atoms with Gasteiger partial charge in [0.15, 0.2) is 0 Å². The van der Waals surface area contributed by atoms with Gasteiger partial charge < -0.3 is 24.5 Å². The molecule has 1 unspecified atom stereocenters. The molecule has 1 saturated heterocycles. The number of rotatable bonds is 6. The van der Waals surface area contributed by atoms with E-state index >= 15 is 0 Å². The van der Waals surface area contributed by atoms with Gasteiger partial charge in [0.25, 0.3) is 5.91 Å². The molecule has 0 aliphatic carbocycles. The minimum Gasteiger partial charge on any atom is -0.484 e. The Bertz CT molecular complexity index is 1270. The highest BCUT2D eigenvalue weighted by Gasteiger charge is 2.26. The zero-order chi connectivity index (χ0) is 23.7. The molecule has 0 bridgehead atoms. The summed E-state index contributed by atoms with van der Waals surface area (Å²) in [5.74, 6) is 0.106. The molecule has 3 aromatic rings. The number of halogens is 1. The summed E-state index contributed by atoms with van der Waals surface area (Å²) in [7, 11) is 0. The van der Waals surface area contributed by atoms with E-state index in [1.54, 1.807) is 18.3 Å². The number of ether oxygens (including phenoxy) is 2. The molecule has 9 heteroatoms. The fourth-order valence-corrected chi connectivity index (χ4v) is 4.60. The summed E-state index contributed by atoms with van der Waals surface area (Å²) in [6.07, 6.45) is 1.11. The van der Waals surface area contributed by atoms with Gasteiger partial charge in [0.2, 0.25) is 5.43 Å². The number of hydrogen-bond acceptors (Lipinski definition) is 6. The Morgan fingerprint density at radius 3 is 2.65 bits per heavy atom. The Morgan fingerprint density at radius 2 is 1.91 bits per heavy atom. The molecule has 2 N–H and O–H groups in total. The highest BCUT2D eigenvalue weighted by atomic mass is 35.5. The van der Waals surface area contributed by atoms with Gasteiger partial charge in [-0.2, -0.15) is 0 Å². The second-order valence-corrected chi connectivity index (χ2v) is 9.07. The first-order chi connectivity index (χ1) is 16.5. The van der Waals surface area contributed by atoms with E-state index in [9.17, 15) is 14.7 Å². The molecule has 1 fully saturated rings. The maximum absolute atomic E-state index is 13.4. The minimum absolute atomic E-state index is 0.0644. The molecule has 1 atom stereocenters. The number of hydrogen-bond donors (Lipinski definition) is 2. The summed E-state index contributed by atoms with van der Waals surface area (Å²) in [5, 5.41) is 13.6. The van der Waals surface area contributed by atoms with E-state index in [1.807, 2.05) is 28.8 Å². The zero-order valence-electron chi connectivity index (χ0n) is 18.6. The van der Waals surface area contributed by atoms with Crippen LogP contribution in [0.2, 0.25) is 5.02 Å². The van der Waals surface area contributed by atoms with Crippen LogP contribution in [-0.2, 0) is 24.4 Å². The van der Waals surface area contributed by atoms with Crippen LogP contribution in [0.1, 0.15) is 21.5 Å². The summed E-state index contributed by atoms with van der Waals surface area (Å²) >= 11 is 5.93. The molecule has 0 radical (unpaired) electrons. The maximum atomic E-state index is 13.4. The number of aromatic nitrogens is 1. The molecule has 2 aliphatic heterocycles. The van der Waals surface area contributed by atoms with Gasteiger partial charge >= 0.3 is 0 Å². The fourth-order valence-electron chi connectivity index (χ4n) is 4.47. The van der Waals surface area contributed by atoms with Crippen LogP contribution < -0.4 is 15.5 Å². The Morgan fingerprint density at radius 1 is 1.15 bits per heavy atom. The van der Waals surface area contributed by atoms with E-state index < -0.39 is 12.0 Å². The number of nitrogens with one attached hydrogen (secondary N) is 1. The smallest absolute Gasteiger partial charge is 0.257 e. The second kappa shape index (κ2) is 9.76. The lowest BCUT2D eigenvalue weighted by Gasteiger charge is -2.30. The third kappa shape index (κ3) is 4.67. The Labute approximate surface area is 201 Å². The number of aliphatic hydroxyl groups excluding tert-OH is 1. The van der Waals surface area contributed by atoms with Crippen molar-refractivity contribution in [3.63, 3.8) is 0 Å². The number of amides is 1. The topological polar surface area (TPSA) is 93.0 Å². The quantitative estimate of drug-likeness (QED) is 0.558. The van der Waals surface area contributed by atoms with E-state index in [1.165, 1.54) is 0 Å². The van der Waals surface area contributed by atoms with Crippen LogP contribution in [0.4, 0.5) is 0 Å². The van der Waals surface area contributed by atoms with Gasteiger partial charge in [0, 0.05) is 37.4 Å². The molecule has 2 aliphatic rings. The summed E-state index contributed by atoms with van der Waals surface area (Å²) < 4.78 is 13.3. The Hall–Kier alpha value is -2.91. The van der Waals surface area contributed by atoms with Crippen molar-refractivity contribution in [2.75, 3.05) is 32.9 Å². The first kappa shape index (κ1) is 22.9. The molecule has 178 valence electrons. The van der Waals surface area contributed by atoms with Crippen LogP contribution >= 0.6 is 11.6 Å². The van der Waals surface area contributed by atoms with E-state index in [0.717, 1.165) is 24.2 Å². The van der Waals surface area contributed by atoms with Crippen molar-refractivity contribution in [2.45, 2.75) is 25.7 Å². The average molecular weight is 484 g/mol. The number of carbonyl (C=O) groups excluding carboxylic acids is 1. The van der Waals surface area contributed by atoms with Crippen molar-refractivity contribution >= 4 is 28.4 Å². The number of pyridine rings is 1. The lowest BCUT2D eigenvalue weighted by Crippen LogP contribution is -2.36. The summed E-state index contributed by atoms with van der Waals surface area (Å²) in [5.41, 5.74) is 2.18. The van der Waals surface area contributed by atoms with Crippen molar-refractivity contribution in [3.05, 3.63) is 74.5 Å². The van der Waals surface area contributed by atoms with Crippen LogP contribution in [0.25, 0.3) is 10.9 Å². The molecule has 1 amide bonds. The third-order valence-corrected chi connectivity index (χ3v) is 6.47. The van der Waals surface area contributed by atoms with Crippen LogP contribution in [0, 0.1) is 0 Å². The van der Waals surface area contributed by atoms with Gasteiger partial charge in [-0.05, 0) is 35.4 Å². The summed E-state index contributed by atoms with van der Waals surface area (Å²) in [6, 6.07) is 10.9. The summed E-state index contributed by atoms with van der Waals surface area (Å²) in [4.78, 5) is 28.7. The van der Waals surface area contributed by atoms with Crippen molar-refractivity contribution < 1.29 is 19.4 Å².